The molecule has 0 spiro atoms. The maximum atomic E-state index is 12.3. The van der Waals surface area contributed by atoms with Gasteiger partial charge in [-0.3, -0.25) is 4.79 Å². The Bertz CT molecular complexity index is 642. The van der Waals surface area contributed by atoms with Crippen molar-refractivity contribution in [1.29, 1.82) is 0 Å². The molecule has 2 rings (SSSR count). The lowest BCUT2D eigenvalue weighted by Gasteiger charge is -2.15. The van der Waals surface area contributed by atoms with Gasteiger partial charge >= 0.3 is 0 Å². The van der Waals surface area contributed by atoms with Crippen LogP contribution in [0.3, 0.4) is 0 Å². The Kier molecular flexibility index (Phi) is 4.67. The van der Waals surface area contributed by atoms with Gasteiger partial charge in [-0.15, -0.1) is 10.2 Å². The van der Waals surface area contributed by atoms with Gasteiger partial charge < -0.3 is 9.88 Å². The predicted octanol–water partition coefficient (Wildman–Crippen LogP) is 2.86. The second-order valence-corrected chi connectivity index (χ2v) is 6.56. The lowest BCUT2D eigenvalue weighted by Crippen LogP contribution is -2.23. The fourth-order valence-corrected chi connectivity index (χ4v) is 2.98. The van der Waals surface area contributed by atoms with Crippen LogP contribution >= 0.6 is 11.8 Å². The molecular weight excluding hydrogens is 284 g/mol. The van der Waals surface area contributed by atoms with Gasteiger partial charge in [-0.05, 0) is 38.8 Å². The molecule has 0 aliphatic heterocycles. The first-order valence-corrected chi connectivity index (χ1v) is 7.66. The molecule has 1 atom stereocenters. The van der Waals surface area contributed by atoms with E-state index in [1.54, 1.807) is 10.9 Å². The molecule has 1 N–H and O–H groups in total. The molecule has 6 heteroatoms. The van der Waals surface area contributed by atoms with Crippen LogP contribution in [0, 0.1) is 20.8 Å². The molecule has 0 aliphatic rings. The minimum atomic E-state index is -0.243. The summed E-state index contributed by atoms with van der Waals surface area (Å²) in [6.07, 6.45) is 1.63. The van der Waals surface area contributed by atoms with E-state index in [-0.39, 0.29) is 11.2 Å². The summed E-state index contributed by atoms with van der Waals surface area (Å²) >= 11 is 1.40. The van der Waals surface area contributed by atoms with E-state index in [0.29, 0.717) is 0 Å². The molecule has 1 heterocycles. The van der Waals surface area contributed by atoms with Crippen LogP contribution in [0.2, 0.25) is 0 Å². The van der Waals surface area contributed by atoms with E-state index >= 15 is 0 Å². The van der Waals surface area contributed by atoms with Gasteiger partial charge in [0.2, 0.25) is 5.91 Å². The van der Waals surface area contributed by atoms with Gasteiger partial charge in [0.25, 0.3) is 0 Å². The number of nitrogens with zero attached hydrogens (tertiary/aromatic N) is 3. The normalized spacial score (nSPS) is 12.2. The zero-order valence-electron chi connectivity index (χ0n) is 13.0. The van der Waals surface area contributed by atoms with Crippen molar-refractivity contribution in [2.24, 2.45) is 7.05 Å². The number of amides is 1. The van der Waals surface area contributed by atoms with Gasteiger partial charge in [0.15, 0.2) is 5.16 Å². The van der Waals surface area contributed by atoms with Crippen LogP contribution < -0.4 is 5.32 Å². The number of hydrogen-bond acceptors (Lipinski definition) is 4. The fourth-order valence-electron chi connectivity index (χ4n) is 2.19. The summed E-state index contributed by atoms with van der Waals surface area (Å²) < 4.78 is 1.80. The molecule has 0 saturated heterocycles. The summed E-state index contributed by atoms with van der Waals surface area (Å²) in [5.74, 6) is -0.0296. The molecule has 1 amide bonds. The predicted molar refractivity (Wildman–Crippen MR) is 85.6 cm³/mol. The smallest absolute Gasteiger partial charge is 0.237 e. The Morgan fingerprint density at radius 3 is 2.43 bits per heavy atom. The van der Waals surface area contributed by atoms with E-state index in [9.17, 15) is 4.79 Å². The molecule has 0 unspecified atom stereocenters. The standard InChI is InChI=1S/C15H20N4OS/c1-9-6-10(2)13(11(3)7-9)17-14(20)12(4)21-15-18-16-8-19(15)5/h6-8,12H,1-5H3,(H,17,20)/t12-/m1/s1. The molecule has 112 valence electrons. The Morgan fingerprint density at radius 2 is 1.90 bits per heavy atom. The summed E-state index contributed by atoms with van der Waals surface area (Å²) in [5, 5.41) is 11.3. The summed E-state index contributed by atoms with van der Waals surface area (Å²) in [6.45, 7) is 7.94. The maximum absolute atomic E-state index is 12.3. The van der Waals surface area contributed by atoms with E-state index < -0.39 is 0 Å². The number of anilines is 1. The van der Waals surface area contributed by atoms with Crippen molar-refractivity contribution >= 4 is 23.4 Å². The highest BCUT2D eigenvalue weighted by Gasteiger charge is 2.18. The number of nitrogens with one attached hydrogen (secondary N) is 1. The van der Waals surface area contributed by atoms with Crippen molar-refractivity contribution in [3.63, 3.8) is 0 Å². The lowest BCUT2D eigenvalue weighted by molar-refractivity contribution is -0.115. The molecule has 0 fully saturated rings. The number of thioether (sulfide) groups is 1. The van der Waals surface area contributed by atoms with Gasteiger partial charge in [-0.25, -0.2) is 0 Å². The number of hydrogen-bond donors (Lipinski definition) is 1. The number of benzene rings is 1. The minimum absolute atomic E-state index is 0.0296. The van der Waals surface area contributed by atoms with Crippen molar-refractivity contribution in [3.05, 3.63) is 35.2 Å². The number of carbonyl (C=O) groups is 1. The topological polar surface area (TPSA) is 59.8 Å². The van der Waals surface area contributed by atoms with Crippen LogP contribution in [0.4, 0.5) is 5.69 Å². The van der Waals surface area contributed by atoms with Crippen LogP contribution in [0.1, 0.15) is 23.6 Å². The van der Waals surface area contributed by atoms with E-state index in [0.717, 1.165) is 22.0 Å². The van der Waals surface area contributed by atoms with Gasteiger partial charge in [-0.2, -0.15) is 0 Å². The highest BCUT2D eigenvalue weighted by Crippen LogP contribution is 2.25. The first kappa shape index (κ1) is 15.6. The first-order chi connectivity index (χ1) is 9.88. The minimum Gasteiger partial charge on any atom is -0.325 e. The van der Waals surface area contributed by atoms with Crippen molar-refractivity contribution in [3.8, 4) is 0 Å². The molecule has 1 aromatic carbocycles. The highest BCUT2D eigenvalue weighted by atomic mass is 32.2. The lowest BCUT2D eigenvalue weighted by atomic mass is 10.1. The first-order valence-electron chi connectivity index (χ1n) is 6.78. The quantitative estimate of drug-likeness (QED) is 0.882. The van der Waals surface area contributed by atoms with E-state index in [1.807, 2.05) is 27.8 Å². The van der Waals surface area contributed by atoms with Crippen molar-refractivity contribution in [1.82, 2.24) is 14.8 Å². The molecular formula is C15H20N4OS. The third kappa shape index (κ3) is 3.64. The average molecular weight is 304 g/mol. The molecule has 0 bridgehead atoms. The van der Waals surface area contributed by atoms with E-state index in [2.05, 4.69) is 34.6 Å². The Balaban J connectivity index is 2.09. The third-order valence-corrected chi connectivity index (χ3v) is 4.39. The number of aromatic nitrogens is 3. The highest BCUT2D eigenvalue weighted by molar-refractivity contribution is 8.00. The Morgan fingerprint density at radius 1 is 1.29 bits per heavy atom. The maximum Gasteiger partial charge on any atom is 0.237 e. The van der Waals surface area contributed by atoms with Gasteiger partial charge in [0.1, 0.15) is 6.33 Å². The largest absolute Gasteiger partial charge is 0.325 e. The van der Waals surface area contributed by atoms with Gasteiger partial charge in [0, 0.05) is 12.7 Å². The molecule has 2 aromatic rings. The number of carbonyl (C=O) groups excluding carboxylic acids is 1. The zero-order chi connectivity index (χ0) is 15.6. The zero-order valence-corrected chi connectivity index (χ0v) is 13.8. The average Bonchev–Trinajstić information content (AvgIpc) is 2.79. The fraction of sp³-hybridized carbons (Fsp3) is 0.400. The molecule has 0 aliphatic carbocycles. The van der Waals surface area contributed by atoms with Gasteiger partial charge in [-0.1, -0.05) is 29.5 Å². The summed E-state index contributed by atoms with van der Waals surface area (Å²) in [6, 6.07) is 4.15. The molecule has 1 aromatic heterocycles. The van der Waals surface area contributed by atoms with Crippen molar-refractivity contribution in [2.45, 2.75) is 38.1 Å². The van der Waals surface area contributed by atoms with Crippen LogP contribution in [-0.2, 0) is 11.8 Å². The molecule has 0 radical (unpaired) electrons. The van der Waals surface area contributed by atoms with Crippen LogP contribution in [0.25, 0.3) is 0 Å². The summed E-state index contributed by atoms with van der Waals surface area (Å²) in [4.78, 5) is 12.3. The van der Waals surface area contributed by atoms with Gasteiger partial charge in [0.05, 0.1) is 5.25 Å². The van der Waals surface area contributed by atoms with Crippen molar-refractivity contribution < 1.29 is 4.79 Å². The Hall–Kier alpha value is -1.82. The second-order valence-electron chi connectivity index (χ2n) is 5.25. The van der Waals surface area contributed by atoms with Crippen LogP contribution in [-0.4, -0.2) is 25.9 Å². The monoisotopic (exact) mass is 304 g/mol. The molecule has 5 nitrogen and oxygen atoms in total. The van der Waals surface area contributed by atoms with Crippen LogP contribution in [0.15, 0.2) is 23.6 Å². The third-order valence-electron chi connectivity index (χ3n) is 3.25. The number of rotatable bonds is 4. The van der Waals surface area contributed by atoms with Crippen molar-refractivity contribution in [2.75, 3.05) is 5.32 Å². The van der Waals surface area contributed by atoms with E-state index in [1.165, 1.54) is 17.3 Å². The second kappa shape index (κ2) is 6.30. The Labute approximate surface area is 129 Å². The van der Waals surface area contributed by atoms with E-state index in [4.69, 9.17) is 0 Å². The number of aryl methyl sites for hydroxylation is 4. The summed E-state index contributed by atoms with van der Waals surface area (Å²) in [7, 11) is 1.86. The SMILES string of the molecule is Cc1cc(C)c(NC(=O)[C@@H](C)Sc2nncn2C)c(C)c1. The van der Waals surface area contributed by atoms with Crippen LogP contribution in [0.5, 0.6) is 0 Å². The molecule has 21 heavy (non-hydrogen) atoms. The molecule has 0 saturated carbocycles. The summed E-state index contributed by atoms with van der Waals surface area (Å²) in [5.41, 5.74) is 4.26.